The van der Waals surface area contributed by atoms with Gasteiger partial charge < -0.3 is 27.4 Å². The standard InChI is InChI=1S/5O.2Pd.2Ta/q5*-2;;;2*+5. The fourth-order valence-electron chi connectivity index (χ4n) is 0. The van der Waals surface area contributed by atoms with Crippen molar-refractivity contribution in [3.05, 3.63) is 0 Å². The van der Waals surface area contributed by atoms with E-state index in [9.17, 15) is 0 Å². The molecule has 0 rings (SSSR count). The van der Waals surface area contributed by atoms with Crippen molar-refractivity contribution in [1.29, 1.82) is 0 Å². The zero-order valence-corrected chi connectivity index (χ0v) is 13.1. The van der Waals surface area contributed by atoms with E-state index in [0.29, 0.717) is 0 Å². The molecule has 0 aliphatic heterocycles. The summed E-state index contributed by atoms with van der Waals surface area (Å²) in [5.41, 5.74) is 0. The van der Waals surface area contributed by atoms with E-state index in [1.165, 1.54) is 0 Å². The van der Waals surface area contributed by atoms with Crippen LogP contribution in [0.4, 0.5) is 0 Å². The van der Waals surface area contributed by atoms with E-state index in [2.05, 4.69) is 0 Å². The second kappa shape index (κ2) is 144. The molecule has 0 N–H and O–H groups in total. The van der Waals surface area contributed by atoms with Crippen molar-refractivity contribution in [3.8, 4) is 0 Å². The van der Waals surface area contributed by atoms with Crippen molar-refractivity contribution in [3.63, 3.8) is 0 Å². The van der Waals surface area contributed by atoms with Gasteiger partial charge in [0.2, 0.25) is 0 Å². The van der Waals surface area contributed by atoms with Gasteiger partial charge in [-0.25, -0.2) is 0 Å². The molecular weight excluding hydrogens is 655 g/mol. The van der Waals surface area contributed by atoms with Crippen LogP contribution in [0.15, 0.2) is 0 Å². The number of hydrogen-bond donors (Lipinski definition) is 0. The first-order chi connectivity index (χ1) is 0. The summed E-state index contributed by atoms with van der Waals surface area (Å²) in [4.78, 5) is 0. The van der Waals surface area contributed by atoms with Crippen LogP contribution in [0.5, 0.6) is 0 Å². The van der Waals surface area contributed by atoms with Gasteiger partial charge in [0.15, 0.2) is 0 Å². The molecule has 0 atom stereocenters. The van der Waals surface area contributed by atoms with Gasteiger partial charge in [0.1, 0.15) is 0 Å². The minimum atomic E-state index is 0. The van der Waals surface area contributed by atoms with E-state index in [4.69, 9.17) is 0 Å². The van der Waals surface area contributed by atoms with Gasteiger partial charge in [-0.05, 0) is 0 Å². The maximum Gasteiger partial charge on any atom is 5.00 e. The summed E-state index contributed by atoms with van der Waals surface area (Å²) in [5, 5.41) is 0. The molecule has 0 aromatic carbocycles. The van der Waals surface area contributed by atoms with Gasteiger partial charge in [-0.2, -0.15) is 0 Å². The first kappa shape index (κ1) is 192. The summed E-state index contributed by atoms with van der Waals surface area (Å²) in [6, 6.07) is 0. The van der Waals surface area contributed by atoms with Gasteiger partial charge in [-0.1, -0.05) is 0 Å². The molecule has 5 nitrogen and oxygen atoms in total. The predicted octanol–water partition coefficient (Wildman–Crippen LogP) is -0.604. The van der Waals surface area contributed by atoms with Gasteiger partial charge in [0.25, 0.3) is 0 Å². The van der Waals surface area contributed by atoms with Crippen molar-refractivity contribution in [2.45, 2.75) is 0 Å². The normalized spacial score (nSPS) is 0. The van der Waals surface area contributed by atoms with Crippen molar-refractivity contribution in [2.75, 3.05) is 0 Å². The molecule has 9 heteroatoms. The Hall–Kier alpha value is 2.61. The fraction of sp³-hybridized carbons (Fsp3) is 0. The molecule has 0 radical (unpaired) electrons. The van der Waals surface area contributed by atoms with E-state index >= 15 is 0 Å². The number of rotatable bonds is 0. The summed E-state index contributed by atoms with van der Waals surface area (Å²) in [5.74, 6) is 0. The van der Waals surface area contributed by atoms with Gasteiger partial charge in [0, 0.05) is 40.8 Å². The summed E-state index contributed by atoms with van der Waals surface area (Å²) < 4.78 is 0. The van der Waals surface area contributed by atoms with Crippen molar-refractivity contribution in [1.82, 2.24) is 0 Å². The zero-order chi connectivity index (χ0) is 0. The fourth-order valence-corrected chi connectivity index (χ4v) is 0. The largest absolute Gasteiger partial charge is 5.00 e. The van der Waals surface area contributed by atoms with Crippen LogP contribution in [0.25, 0.3) is 0 Å². The molecule has 0 bridgehead atoms. The molecule has 9 heavy (non-hydrogen) atoms. The molecule has 0 heterocycles. The van der Waals surface area contributed by atoms with Crippen LogP contribution in [-0.2, 0) is 113 Å². The maximum absolute atomic E-state index is 0. The number of hydrogen-bond acceptors (Lipinski definition) is 0. The molecule has 0 aliphatic carbocycles. The molecular formula is O5Pd2Ta2. The van der Waals surface area contributed by atoms with Crippen molar-refractivity contribution >= 4 is 0 Å². The molecule has 0 spiro atoms. The predicted molar refractivity (Wildman–Crippen MR) is 3.43 cm³/mol. The third kappa shape index (κ3) is 116. The van der Waals surface area contributed by atoms with E-state index in [0.717, 1.165) is 0 Å². The van der Waals surface area contributed by atoms with Crippen LogP contribution in [0, 0.1) is 0 Å². The second-order valence-corrected chi connectivity index (χ2v) is 0. The molecule has 0 saturated carbocycles. The molecule has 0 unspecified atom stereocenters. The van der Waals surface area contributed by atoms with Gasteiger partial charge in [0.05, 0.1) is 0 Å². The van der Waals surface area contributed by atoms with Crippen LogP contribution in [0.2, 0.25) is 0 Å². The van der Waals surface area contributed by atoms with Crippen LogP contribution in [0.1, 0.15) is 0 Å². The second-order valence-electron chi connectivity index (χ2n) is 0. The minimum absolute atomic E-state index is 0. The Bertz CT molecular complexity index is 12.9. The van der Waals surface area contributed by atoms with E-state index in [1.807, 2.05) is 0 Å². The summed E-state index contributed by atoms with van der Waals surface area (Å²) in [6.45, 7) is 0. The Morgan fingerprint density at radius 3 is 0.333 bits per heavy atom. The topological polar surface area (TPSA) is 142 Å². The molecule has 60 valence electrons. The Morgan fingerprint density at radius 1 is 0.333 bits per heavy atom. The molecule has 0 aromatic heterocycles. The molecule has 0 saturated heterocycles. The first-order valence-electron chi connectivity index (χ1n) is 0. The van der Waals surface area contributed by atoms with Crippen molar-refractivity contribution in [2.24, 2.45) is 0 Å². The summed E-state index contributed by atoms with van der Waals surface area (Å²) in [7, 11) is 0. The van der Waals surface area contributed by atoms with Crippen LogP contribution >= 0.6 is 0 Å². The average Bonchev–Trinajstić information content (AvgIpc) is 0. The maximum atomic E-state index is 0. The zero-order valence-electron chi connectivity index (χ0n) is 3.57. The van der Waals surface area contributed by atoms with Gasteiger partial charge in [-0.3, -0.25) is 0 Å². The molecule has 0 fully saturated rings. The van der Waals surface area contributed by atoms with Crippen LogP contribution in [0.3, 0.4) is 0 Å². The van der Waals surface area contributed by atoms with Crippen molar-refractivity contribution < 1.29 is 113 Å². The Labute approximate surface area is 112 Å². The molecule has 0 amide bonds. The SMILES string of the molecule is [O-2].[O-2].[O-2].[O-2].[O-2].[Pd].[Pd].[Ta+5].[Ta+5]. The third-order valence-corrected chi connectivity index (χ3v) is 0. The minimum Gasteiger partial charge on any atom is -2.00 e. The van der Waals surface area contributed by atoms with Crippen LogP contribution in [-0.4, -0.2) is 0 Å². The Kier molecular flexibility index (Phi) is 3080. The smallest absolute Gasteiger partial charge is 2.00 e. The first-order valence-corrected chi connectivity index (χ1v) is 0. The molecule has 0 aliphatic rings. The Morgan fingerprint density at radius 2 is 0.333 bits per heavy atom. The Balaban J connectivity index is 0. The third-order valence-electron chi connectivity index (χ3n) is 0. The van der Waals surface area contributed by atoms with Crippen LogP contribution < -0.4 is 0 Å². The average molecular weight is 655 g/mol. The molecule has 0 aromatic rings. The van der Waals surface area contributed by atoms with Gasteiger partial charge >= 0.3 is 44.8 Å². The quantitative estimate of drug-likeness (QED) is 0.308. The van der Waals surface area contributed by atoms with Gasteiger partial charge in [-0.15, -0.1) is 0 Å². The monoisotopic (exact) mass is 654 g/mol. The summed E-state index contributed by atoms with van der Waals surface area (Å²) in [6.07, 6.45) is 0. The van der Waals surface area contributed by atoms with E-state index in [-0.39, 0.29) is 113 Å². The van der Waals surface area contributed by atoms with E-state index < -0.39 is 0 Å². The summed E-state index contributed by atoms with van der Waals surface area (Å²) >= 11 is 0. The van der Waals surface area contributed by atoms with E-state index in [1.54, 1.807) is 0 Å².